The lowest BCUT2D eigenvalue weighted by Crippen LogP contribution is -2.22. The van der Waals surface area contributed by atoms with Crippen LogP contribution >= 0.6 is 0 Å². The van der Waals surface area contributed by atoms with Gasteiger partial charge in [0.05, 0.1) is 13.7 Å². The van der Waals surface area contributed by atoms with Gasteiger partial charge in [0.2, 0.25) is 0 Å². The van der Waals surface area contributed by atoms with E-state index in [0.717, 1.165) is 58.9 Å². The zero-order valence-electron chi connectivity index (χ0n) is 17.0. The molecule has 0 bridgehead atoms. The van der Waals surface area contributed by atoms with Crippen LogP contribution in [-0.4, -0.2) is 7.11 Å². The molecule has 150 valence electrons. The van der Waals surface area contributed by atoms with Crippen LogP contribution in [0.3, 0.4) is 0 Å². The van der Waals surface area contributed by atoms with Crippen LogP contribution in [0.25, 0.3) is 11.1 Å². The van der Waals surface area contributed by atoms with Crippen molar-refractivity contribution in [3.05, 3.63) is 81.9 Å². The minimum Gasteiger partial charge on any atom is -0.497 e. The van der Waals surface area contributed by atoms with Crippen molar-refractivity contribution in [1.29, 1.82) is 0 Å². The van der Waals surface area contributed by atoms with E-state index in [4.69, 9.17) is 9.15 Å². The SMILES string of the molecule is CCc1cc(=O)c(C2CCC2)c(CNc2ccc(-c3ccc(OC)cc3)cc2)o1. The fourth-order valence-corrected chi connectivity index (χ4v) is 3.78. The van der Waals surface area contributed by atoms with Crippen LogP contribution in [0.4, 0.5) is 5.69 Å². The second-order valence-electron chi connectivity index (χ2n) is 7.55. The fraction of sp³-hybridized carbons (Fsp3) is 0.320. The zero-order valence-corrected chi connectivity index (χ0v) is 17.0. The average molecular weight is 389 g/mol. The van der Waals surface area contributed by atoms with Gasteiger partial charge in [0, 0.05) is 23.7 Å². The molecule has 0 amide bonds. The van der Waals surface area contributed by atoms with Crippen molar-refractivity contribution in [3.63, 3.8) is 0 Å². The highest BCUT2D eigenvalue weighted by atomic mass is 16.5. The van der Waals surface area contributed by atoms with E-state index in [0.29, 0.717) is 12.5 Å². The van der Waals surface area contributed by atoms with Crippen LogP contribution in [-0.2, 0) is 13.0 Å². The molecular weight excluding hydrogens is 362 g/mol. The van der Waals surface area contributed by atoms with E-state index in [1.165, 1.54) is 6.42 Å². The van der Waals surface area contributed by atoms with Gasteiger partial charge in [-0.3, -0.25) is 4.79 Å². The van der Waals surface area contributed by atoms with Gasteiger partial charge < -0.3 is 14.5 Å². The van der Waals surface area contributed by atoms with Gasteiger partial charge in [0.25, 0.3) is 0 Å². The van der Waals surface area contributed by atoms with Crippen LogP contribution in [0.2, 0.25) is 0 Å². The second-order valence-corrected chi connectivity index (χ2v) is 7.55. The van der Waals surface area contributed by atoms with E-state index in [9.17, 15) is 4.79 Å². The Hall–Kier alpha value is -3.01. The van der Waals surface area contributed by atoms with Gasteiger partial charge >= 0.3 is 0 Å². The highest BCUT2D eigenvalue weighted by Gasteiger charge is 2.26. The van der Waals surface area contributed by atoms with Crippen LogP contribution in [0.1, 0.15) is 49.2 Å². The predicted octanol–water partition coefficient (Wildman–Crippen LogP) is 5.76. The molecule has 1 aromatic heterocycles. The molecule has 29 heavy (non-hydrogen) atoms. The highest BCUT2D eigenvalue weighted by Crippen LogP contribution is 2.36. The van der Waals surface area contributed by atoms with Gasteiger partial charge in [-0.1, -0.05) is 37.6 Å². The average Bonchev–Trinajstić information content (AvgIpc) is 2.73. The Morgan fingerprint density at radius 2 is 1.69 bits per heavy atom. The summed E-state index contributed by atoms with van der Waals surface area (Å²) in [6.45, 7) is 2.53. The van der Waals surface area contributed by atoms with Crippen molar-refractivity contribution in [2.24, 2.45) is 0 Å². The van der Waals surface area contributed by atoms with Gasteiger partial charge in [0.15, 0.2) is 5.43 Å². The number of ether oxygens (including phenoxy) is 1. The van der Waals surface area contributed by atoms with Crippen LogP contribution in [0, 0.1) is 0 Å². The summed E-state index contributed by atoms with van der Waals surface area (Å²) in [5.41, 5.74) is 4.30. The minimum atomic E-state index is 0.129. The molecular formula is C25H27NO3. The first-order valence-corrected chi connectivity index (χ1v) is 10.3. The molecule has 0 atom stereocenters. The largest absolute Gasteiger partial charge is 0.497 e. The Bertz CT molecular complexity index is 1020. The molecule has 0 radical (unpaired) electrons. The van der Waals surface area contributed by atoms with Gasteiger partial charge in [-0.2, -0.15) is 0 Å². The van der Waals surface area contributed by atoms with Gasteiger partial charge in [-0.05, 0) is 54.2 Å². The maximum Gasteiger partial charge on any atom is 0.188 e. The number of anilines is 1. The summed E-state index contributed by atoms with van der Waals surface area (Å²) < 4.78 is 11.3. The normalized spacial score (nSPS) is 13.7. The van der Waals surface area contributed by atoms with Crippen molar-refractivity contribution >= 4 is 5.69 Å². The van der Waals surface area contributed by atoms with E-state index in [-0.39, 0.29) is 5.43 Å². The molecule has 1 N–H and O–H groups in total. The lowest BCUT2D eigenvalue weighted by atomic mass is 9.79. The number of rotatable bonds is 7. The standard InChI is InChI=1S/C25H27NO3/c1-3-21-15-23(27)25(19-5-4-6-19)24(29-21)16-26-20-11-7-17(8-12-20)18-9-13-22(28-2)14-10-18/h7-15,19,26H,3-6,16H2,1-2H3. The summed E-state index contributed by atoms with van der Waals surface area (Å²) in [6, 6.07) is 18.0. The molecule has 4 heteroatoms. The third kappa shape index (κ3) is 4.21. The summed E-state index contributed by atoms with van der Waals surface area (Å²) in [6.07, 6.45) is 4.09. The summed E-state index contributed by atoms with van der Waals surface area (Å²) in [5, 5.41) is 3.43. The molecule has 2 aromatic carbocycles. The molecule has 1 fully saturated rings. The highest BCUT2D eigenvalue weighted by molar-refractivity contribution is 5.66. The molecule has 0 aliphatic heterocycles. The Labute approximate surface area is 171 Å². The number of benzene rings is 2. The first kappa shape index (κ1) is 19.3. The molecule has 4 nitrogen and oxygen atoms in total. The first-order chi connectivity index (χ1) is 14.2. The molecule has 1 aliphatic carbocycles. The second kappa shape index (κ2) is 8.56. The fourth-order valence-electron chi connectivity index (χ4n) is 3.78. The van der Waals surface area contributed by atoms with Crippen molar-refractivity contribution in [3.8, 4) is 16.9 Å². The maximum atomic E-state index is 12.6. The molecule has 4 rings (SSSR count). The molecule has 1 aliphatic rings. The van der Waals surface area contributed by atoms with Crippen LogP contribution in [0.5, 0.6) is 5.75 Å². The van der Waals surface area contributed by atoms with Crippen molar-refractivity contribution in [2.45, 2.75) is 45.1 Å². The van der Waals surface area contributed by atoms with E-state index >= 15 is 0 Å². The third-order valence-electron chi connectivity index (χ3n) is 5.74. The van der Waals surface area contributed by atoms with Gasteiger partial charge in [-0.15, -0.1) is 0 Å². The summed E-state index contributed by atoms with van der Waals surface area (Å²) >= 11 is 0. The quantitative estimate of drug-likeness (QED) is 0.558. The molecule has 0 spiro atoms. The molecule has 3 aromatic rings. The van der Waals surface area contributed by atoms with Crippen LogP contribution < -0.4 is 15.5 Å². The maximum absolute atomic E-state index is 12.6. The number of nitrogens with one attached hydrogen (secondary N) is 1. The van der Waals surface area contributed by atoms with E-state index in [2.05, 4.69) is 41.7 Å². The van der Waals surface area contributed by atoms with Crippen molar-refractivity contribution in [2.75, 3.05) is 12.4 Å². The van der Waals surface area contributed by atoms with E-state index < -0.39 is 0 Å². The predicted molar refractivity (Wildman–Crippen MR) is 117 cm³/mol. The van der Waals surface area contributed by atoms with E-state index in [1.54, 1.807) is 13.2 Å². The summed E-state index contributed by atoms with van der Waals surface area (Å²) in [7, 11) is 1.67. The Morgan fingerprint density at radius 1 is 1.03 bits per heavy atom. The summed E-state index contributed by atoms with van der Waals surface area (Å²) in [5.74, 6) is 2.75. The third-order valence-corrected chi connectivity index (χ3v) is 5.74. The van der Waals surface area contributed by atoms with Crippen molar-refractivity contribution in [1.82, 2.24) is 0 Å². The molecule has 0 saturated heterocycles. The zero-order chi connectivity index (χ0) is 20.2. The van der Waals surface area contributed by atoms with Crippen LogP contribution in [0.15, 0.2) is 63.8 Å². The Balaban J connectivity index is 1.50. The smallest absolute Gasteiger partial charge is 0.188 e. The number of hydrogen-bond donors (Lipinski definition) is 1. The number of methoxy groups -OCH3 is 1. The summed E-state index contributed by atoms with van der Waals surface area (Å²) in [4.78, 5) is 12.6. The topological polar surface area (TPSA) is 51.5 Å². The van der Waals surface area contributed by atoms with Gasteiger partial charge in [-0.25, -0.2) is 0 Å². The monoisotopic (exact) mass is 389 g/mol. The lowest BCUT2D eigenvalue weighted by molar-refractivity contribution is 0.382. The van der Waals surface area contributed by atoms with Gasteiger partial charge in [0.1, 0.15) is 17.3 Å². The van der Waals surface area contributed by atoms with E-state index in [1.807, 2.05) is 19.1 Å². The molecule has 0 unspecified atom stereocenters. The number of hydrogen-bond acceptors (Lipinski definition) is 4. The Morgan fingerprint density at radius 3 is 2.24 bits per heavy atom. The Kier molecular flexibility index (Phi) is 5.70. The first-order valence-electron chi connectivity index (χ1n) is 10.3. The minimum absolute atomic E-state index is 0.129. The lowest BCUT2D eigenvalue weighted by Gasteiger charge is -2.26. The number of aryl methyl sites for hydroxylation is 1. The van der Waals surface area contributed by atoms with Crippen molar-refractivity contribution < 1.29 is 9.15 Å². The molecule has 1 saturated carbocycles. The molecule has 1 heterocycles.